The quantitative estimate of drug-likeness (QED) is 0.506. The Kier molecular flexibility index (Phi) is 6.96. The van der Waals surface area contributed by atoms with Crippen LogP contribution >= 0.6 is 0 Å². The molecule has 0 saturated heterocycles. The number of carbonyl (C=O) groups excluding carboxylic acids is 2. The minimum absolute atomic E-state index is 0.0345. The molecule has 0 heterocycles. The van der Waals surface area contributed by atoms with Gasteiger partial charge in [-0.3, -0.25) is 4.79 Å². The van der Waals surface area contributed by atoms with E-state index >= 15 is 0 Å². The summed E-state index contributed by atoms with van der Waals surface area (Å²) in [4.78, 5) is 36.9. The first kappa shape index (κ1) is 22.8. The van der Waals surface area contributed by atoms with E-state index in [1.54, 1.807) is 0 Å². The predicted octanol–water partition coefficient (Wildman–Crippen LogP) is 4.06. The highest BCUT2D eigenvalue weighted by atomic mass is 16.5. The summed E-state index contributed by atoms with van der Waals surface area (Å²) in [6.07, 6.45) is 2.90. The molecule has 7 nitrogen and oxygen atoms in total. The van der Waals surface area contributed by atoms with E-state index in [-0.39, 0.29) is 18.4 Å². The monoisotopic (exact) mass is 450 g/mol. The molecule has 2 aliphatic carbocycles. The van der Waals surface area contributed by atoms with Gasteiger partial charge >= 0.3 is 12.1 Å². The van der Waals surface area contributed by atoms with Gasteiger partial charge in [0.05, 0.1) is 0 Å². The van der Waals surface area contributed by atoms with Gasteiger partial charge in [-0.1, -0.05) is 68.3 Å². The van der Waals surface area contributed by atoms with E-state index < -0.39 is 30.1 Å². The molecule has 0 bridgehead atoms. The average Bonchev–Trinajstić information content (AvgIpc) is 3.61. The molecule has 33 heavy (non-hydrogen) atoms. The molecule has 4 rings (SSSR count). The number of aliphatic carboxylic acids is 1. The Hall–Kier alpha value is -3.35. The molecule has 0 spiro atoms. The number of rotatable bonds is 10. The Morgan fingerprint density at radius 2 is 1.61 bits per heavy atom. The molecule has 0 aromatic heterocycles. The summed E-state index contributed by atoms with van der Waals surface area (Å²) in [6.45, 7) is 2.15. The summed E-state index contributed by atoms with van der Waals surface area (Å²) in [7, 11) is 0. The fourth-order valence-electron chi connectivity index (χ4n) is 4.52. The summed E-state index contributed by atoms with van der Waals surface area (Å²) >= 11 is 0. The fourth-order valence-corrected chi connectivity index (χ4v) is 4.52. The largest absolute Gasteiger partial charge is 0.480 e. The molecule has 7 heteroatoms. The standard InChI is InChI=1S/C26H30N2O5/c1-2-3-12-22(24(29)28-23(25(30)31)16-13-14-16)27-26(32)33-15-21-19-10-6-4-8-17(19)18-9-5-7-11-20(18)21/h4-11,16,21-23H,2-3,12-15H2,1H3,(H,27,32)(H,28,29)(H,30,31)/t22-,23?/m0/s1. The molecular weight excluding hydrogens is 420 g/mol. The van der Waals surface area contributed by atoms with E-state index in [1.165, 1.54) is 0 Å². The van der Waals surface area contributed by atoms with Crippen molar-refractivity contribution in [3.63, 3.8) is 0 Å². The smallest absolute Gasteiger partial charge is 0.407 e. The lowest BCUT2D eigenvalue weighted by Crippen LogP contribution is -2.52. The second-order valence-corrected chi connectivity index (χ2v) is 8.83. The van der Waals surface area contributed by atoms with Crippen LogP contribution in [0.4, 0.5) is 4.79 Å². The third-order valence-corrected chi connectivity index (χ3v) is 6.46. The topological polar surface area (TPSA) is 105 Å². The van der Waals surface area contributed by atoms with Crippen LogP contribution in [-0.4, -0.2) is 41.8 Å². The van der Waals surface area contributed by atoms with Gasteiger partial charge in [-0.25, -0.2) is 9.59 Å². The molecule has 0 aliphatic heterocycles. The number of fused-ring (bicyclic) bond motifs is 3. The van der Waals surface area contributed by atoms with Gasteiger partial charge in [0.1, 0.15) is 18.7 Å². The SMILES string of the molecule is CCCC[C@H](NC(=O)OCC1c2ccccc2-c2ccccc21)C(=O)NC(C(=O)O)C1CC1. The Morgan fingerprint density at radius 3 is 2.15 bits per heavy atom. The van der Waals surface area contributed by atoms with Crippen LogP contribution in [0.3, 0.4) is 0 Å². The molecule has 2 aromatic rings. The molecule has 1 fully saturated rings. The van der Waals surface area contributed by atoms with Crippen LogP contribution in [0.25, 0.3) is 11.1 Å². The predicted molar refractivity (Wildman–Crippen MR) is 124 cm³/mol. The lowest BCUT2D eigenvalue weighted by atomic mass is 9.98. The zero-order valence-electron chi connectivity index (χ0n) is 18.8. The molecular formula is C26H30N2O5. The van der Waals surface area contributed by atoms with Gasteiger partial charge in [-0.15, -0.1) is 0 Å². The number of nitrogens with one attached hydrogen (secondary N) is 2. The number of hydrogen-bond acceptors (Lipinski definition) is 4. The van der Waals surface area contributed by atoms with Crippen LogP contribution in [0.2, 0.25) is 0 Å². The number of hydrogen-bond donors (Lipinski definition) is 3. The number of amides is 2. The maximum absolute atomic E-state index is 12.8. The van der Waals surface area contributed by atoms with Crippen molar-refractivity contribution in [2.75, 3.05) is 6.61 Å². The third kappa shape index (κ3) is 5.18. The van der Waals surface area contributed by atoms with Crippen molar-refractivity contribution in [1.29, 1.82) is 0 Å². The summed E-state index contributed by atoms with van der Waals surface area (Å²) < 4.78 is 5.57. The van der Waals surface area contributed by atoms with Crippen LogP contribution in [0.1, 0.15) is 56.1 Å². The maximum Gasteiger partial charge on any atom is 0.407 e. The van der Waals surface area contributed by atoms with Crippen LogP contribution in [0.5, 0.6) is 0 Å². The minimum atomic E-state index is -1.04. The number of unbranched alkanes of at least 4 members (excludes halogenated alkanes) is 1. The zero-order chi connectivity index (χ0) is 23.4. The summed E-state index contributed by atoms with van der Waals surface area (Å²) in [6, 6.07) is 14.4. The maximum atomic E-state index is 12.8. The molecule has 0 radical (unpaired) electrons. The Morgan fingerprint density at radius 1 is 1.00 bits per heavy atom. The molecule has 2 amide bonds. The van der Waals surface area contributed by atoms with Gasteiger partial charge in [-0.05, 0) is 47.4 Å². The van der Waals surface area contributed by atoms with Crippen LogP contribution in [0, 0.1) is 5.92 Å². The van der Waals surface area contributed by atoms with Crippen molar-refractivity contribution >= 4 is 18.0 Å². The Labute approximate surface area is 193 Å². The molecule has 2 aromatic carbocycles. The van der Waals surface area contributed by atoms with Crippen molar-refractivity contribution in [3.05, 3.63) is 59.7 Å². The highest BCUT2D eigenvalue weighted by molar-refractivity contribution is 5.89. The highest BCUT2D eigenvalue weighted by Crippen LogP contribution is 2.44. The van der Waals surface area contributed by atoms with E-state index in [1.807, 2.05) is 43.3 Å². The van der Waals surface area contributed by atoms with E-state index in [2.05, 4.69) is 22.8 Å². The molecule has 2 aliphatic rings. The lowest BCUT2D eigenvalue weighted by Gasteiger charge is -2.22. The summed E-state index contributed by atoms with van der Waals surface area (Å²) in [5.41, 5.74) is 4.50. The van der Waals surface area contributed by atoms with Gasteiger partial charge in [0.2, 0.25) is 5.91 Å². The van der Waals surface area contributed by atoms with Crippen LogP contribution < -0.4 is 10.6 Å². The van der Waals surface area contributed by atoms with Gasteiger partial charge in [0.25, 0.3) is 0 Å². The van der Waals surface area contributed by atoms with E-state index in [4.69, 9.17) is 4.74 Å². The zero-order valence-corrected chi connectivity index (χ0v) is 18.8. The first-order valence-electron chi connectivity index (χ1n) is 11.6. The fraction of sp³-hybridized carbons (Fsp3) is 0.423. The molecule has 1 unspecified atom stereocenters. The number of ether oxygens (including phenoxy) is 1. The van der Waals surface area contributed by atoms with Crippen molar-refractivity contribution in [1.82, 2.24) is 10.6 Å². The normalized spacial score (nSPS) is 16.3. The highest BCUT2D eigenvalue weighted by Gasteiger charge is 2.38. The molecule has 2 atom stereocenters. The van der Waals surface area contributed by atoms with E-state index in [0.29, 0.717) is 6.42 Å². The summed E-state index contributed by atoms with van der Waals surface area (Å²) in [5, 5.41) is 14.7. The van der Waals surface area contributed by atoms with Crippen LogP contribution in [-0.2, 0) is 14.3 Å². The Bertz CT molecular complexity index is 987. The van der Waals surface area contributed by atoms with Crippen molar-refractivity contribution in [3.8, 4) is 11.1 Å². The lowest BCUT2D eigenvalue weighted by molar-refractivity contribution is -0.142. The molecule has 174 valence electrons. The van der Waals surface area contributed by atoms with Gasteiger partial charge in [0, 0.05) is 5.92 Å². The van der Waals surface area contributed by atoms with Gasteiger partial charge in [0.15, 0.2) is 0 Å². The van der Waals surface area contributed by atoms with Crippen molar-refractivity contribution in [2.45, 2.75) is 57.0 Å². The third-order valence-electron chi connectivity index (χ3n) is 6.46. The van der Waals surface area contributed by atoms with Crippen LogP contribution in [0.15, 0.2) is 48.5 Å². The average molecular weight is 451 g/mol. The summed E-state index contributed by atoms with van der Waals surface area (Å²) in [5.74, 6) is -1.62. The van der Waals surface area contributed by atoms with E-state index in [9.17, 15) is 19.5 Å². The number of benzene rings is 2. The van der Waals surface area contributed by atoms with Gasteiger partial charge < -0.3 is 20.5 Å². The number of alkyl carbamates (subject to hydrolysis) is 1. The second-order valence-electron chi connectivity index (χ2n) is 8.83. The number of carbonyl (C=O) groups is 3. The first-order valence-corrected chi connectivity index (χ1v) is 11.6. The van der Waals surface area contributed by atoms with Crippen molar-refractivity contribution < 1.29 is 24.2 Å². The van der Waals surface area contributed by atoms with Crippen molar-refractivity contribution in [2.24, 2.45) is 5.92 Å². The molecule has 1 saturated carbocycles. The molecule has 3 N–H and O–H groups in total. The number of carboxylic acid groups (broad SMARTS) is 1. The minimum Gasteiger partial charge on any atom is -0.480 e. The van der Waals surface area contributed by atoms with E-state index in [0.717, 1.165) is 47.9 Å². The Balaban J connectivity index is 1.39. The van der Waals surface area contributed by atoms with Gasteiger partial charge in [-0.2, -0.15) is 0 Å². The second kappa shape index (κ2) is 10.1. The first-order chi connectivity index (χ1) is 16.0. The number of carboxylic acids is 1.